The van der Waals surface area contributed by atoms with Crippen molar-refractivity contribution >= 4 is 17.4 Å². The Morgan fingerprint density at radius 3 is 3.24 bits per heavy atom. The molecule has 2 N–H and O–H groups in total. The zero-order chi connectivity index (χ0) is 11.9. The minimum atomic E-state index is -0.913. The third-order valence-corrected chi connectivity index (χ3v) is 4.98. The van der Waals surface area contributed by atoms with Crippen LogP contribution in [0.25, 0.3) is 0 Å². The van der Waals surface area contributed by atoms with Crippen LogP contribution in [0.3, 0.4) is 0 Å². The normalized spacial score (nSPS) is 30.5. The molecule has 0 radical (unpaired) electrons. The Hall–Kier alpha value is -1.29. The Morgan fingerprint density at radius 2 is 2.41 bits per heavy atom. The van der Waals surface area contributed by atoms with Crippen LogP contribution in [-0.4, -0.2) is 11.2 Å². The van der Waals surface area contributed by atoms with Crippen LogP contribution in [0.15, 0.2) is 23.6 Å². The molecule has 2 aliphatic rings. The lowest BCUT2D eigenvalue weighted by atomic mass is 9.66. The Kier molecular flexibility index (Phi) is 2.47. The second-order valence-corrected chi connectivity index (χ2v) is 5.81. The number of carbonyl (C=O) groups is 1. The van der Waals surface area contributed by atoms with Gasteiger partial charge in [0.05, 0.1) is 5.54 Å². The number of hydrogen-bond acceptors (Lipinski definition) is 2. The first-order chi connectivity index (χ1) is 8.22. The van der Waals surface area contributed by atoms with E-state index in [9.17, 15) is 4.79 Å². The molecular formula is C13H15NO2S. The molecular weight excluding hydrogens is 234 g/mol. The van der Waals surface area contributed by atoms with Crippen molar-refractivity contribution in [2.75, 3.05) is 0 Å². The predicted octanol–water partition coefficient (Wildman–Crippen LogP) is 3.12. The minimum absolute atomic E-state index is 0.367. The van der Waals surface area contributed by atoms with Crippen molar-refractivity contribution in [1.82, 2.24) is 5.32 Å². The summed E-state index contributed by atoms with van der Waals surface area (Å²) in [4.78, 5) is 12.5. The number of fused-ring (bicyclic) bond motifs is 3. The highest BCUT2D eigenvalue weighted by Gasteiger charge is 2.45. The van der Waals surface area contributed by atoms with E-state index < -0.39 is 6.09 Å². The second-order valence-electron chi connectivity index (χ2n) is 4.81. The van der Waals surface area contributed by atoms with E-state index in [1.54, 1.807) is 11.3 Å². The first-order valence-electron chi connectivity index (χ1n) is 5.95. The van der Waals surface area contributed by atoms with Gasteiger partial charge in [-0.2, -0.15) is 0 Å². The molecule has 0 aliphatic heterocycles. The maximum atomic E-state index is 11.1. The third-order valence-electron chi connectivity index (χ3n) is 4.00. The largest absolute Gasteiger partial charge is 0.465 e. The van der Waals surface area contributed by atoms with Crippen LogP contribution in [0, 0.1) is 5.92 Å². The maximum absolute atomic E-state index is 11.1. The Bertz CT molecular complexity index is 480. The molecule has 0 unspecified atom stereocenters. The van der Waals surface area contributed by atoms with Crippen molar-refractivity contribution in [2.24, 2.45) is 5.92 Å². The molecule has 3 nitrogen and oxygen atoms in total. The number of nitrogens with one attached hydrogen (secondary N) is 1. The van der Waals surface area contributed by atoms with Crippen LogP contribution in [0.1, 0.15) is 29.7 Å². The van der Waals surface area contributed by atoms with Crippen LogP contribution >= 0.6 is 11.3 Å². The van der Waals surface area contributed by atoms with E-state index >= 15 is 0 Å². The fourth-order valence-corrected chi connectivity index (χ4v) is 4.22. The summed E-state index contributed by atoms with van der Waals surface area (Å²) < 4.78 is 0. The van der Waals surface area contributed by atoms with E-state index in [0.29, 0.717) is 5.92 Å². The summed E-state index contributed by atoms with van der Waals surface area (Å²) in [5.74, 6) is 0.408. The molecule has 1 aromatic heterocycles. The number of hydrogen-bond donors (Lipinski definition) is 2. The molecule has 90 valence electrons. The van der Waals surface area contributed by atoms with Crippen LogP contribution in [-0.2, 0) is 12.0 Å². The maximum Gasteiger partial charge on any atom is 0.405 e. The van der Waals surface area contributed by atoms with E-state index in [-0.39, 0.29) is 5.54 Å². The molecule has 2 atom stereocenters. The van der Waals surface area contributed by atoms with E-state index in [4.69, 9.17) is 5.11 Å². The lowest BCUT2D eigenvalue weighted by molar-refractivity contribution is 0.141. The van der Waals surface area contributed by atoms with Crippen molar-refractivity contribution in [3.63, 3.8) is 0 Å². The SMILES string of the molecule is O=C(O)N[C@@]12CC=CC[C@@H]1CCc1sccc12. The zero-order valence-corrected chi connectivity index (χ0v) is 10.3. The second kappa shape index (κ2) is 3.88. The van der Waals surface area contributed by atoms with Crippen LogP contribution in [0.4, 0.5) is 4.79 Å². The summed E-state index contributed by atoms with van der Waals surface area (Å²) in [6.45, 7) is 0. The highest BCUT2D eigenvalue weighted by atomic mass is 32.1. The number of aryl methyl sites for hydroxylation is 1. The Labute approximate surface area is 104 Å². The molecule has 4 heteroatoms. The van der Waals surface area contributed by atoms with Gasteiger partial charge >= 0.3 is 6.09 Å². The summed E-state index contributed by atoms with van der Waals surface area (Å²) in [6, 6.07) is 2.10. The minimum Gasteiger partial charge on any atom is -0.465 e. The third kappa shape index (κ3) is 1.59. The molecule has 2 aliphatic carbocycles. The average molecular weight is 249 g/mol. The van der Waals surface area contributed by atoms with E-state index in [2.05, 4.69) is 28.9 Å². The summed E-state index contributed by atoms with van der Waals surface area (Å²) in [5, 5.41) is 14.0. The van der Waals surface area contributed by atoms with Crippen molar-refractivity contribution in [3.05, 3.63) is 34.0 Å². The molecule has 3 rings (SSSR count). The molecule has 1 amide bonds. The van der Waals surface area contributed by atoms with Gasteiger partial charge in [0.25, 0.3) is 0 Å². The lowest BCUT2D eigenvalue weighted by Gasteiger charge is -2.45. The first kappa shape index (κ1) is 10.8. The van der Waals surface area contributed by atoms with Gasteiger partial charge in [0.1, 0.15) is 0 Å². The van der Waals surface area contributed by atoms with Gasteiger partial charge < -0.3 is 10.4 Å². The molecule has 17 heavy (non-hydrogen) atoms. The summed E-state index contributed by atoms with van der Waals surface area (Å²) in [7, 11) is 0. The Balaban J connectivity index is 2.10. The number of amides is 1. The number of carboxylic acid groups (broad SMARTS) is 1. The highest BCUT2D eigenvalue weighted by molar-refractivity contribution is 7.10. The van der Waals surface area contributed by atoms with Crippen molar-refractivity contribution < 1.29 is 9.90 Å². The topological polar surface area (TPSA) is 49.3 Å². The summed E-state index contributed by atoms with van der Waals surface area (Å²) in [5.41, 5.74) is 0.847. The van der Waals surface area contributed by atoms with Gasteiger partial charge in [-0.15, -0.1) is 11.3 Å². The summed E-state index contributed by atoms with van der Waals surface area (Å²) in [6.07, 6.45) is 7.32. The van der Waals surface area contributed by atoms with Gasteiger partial charge in [-0.25, -0.2) is 4.79 Å². The van der Waals surface area contributed by atoms with Gasteiger partial charge in [-0.3, -0.25) is 0 Å². The van der Waals surface area contributed by atoms with Gasteiger partial charge in [-0.05, 0) is 48.6 Å². The molecule has 0 saturated carbocycles. The summed E-state index contributed by atoms with van der Waals surface area (Å²) >= 11 is 1.75. The standard InChI is InChI=1S/C13H15NO2S/c15-12(16)14-13-7-2-1-3-9(13)4-5-11-10(13)6-8-17-11/h1-2,6,8-9,14H,3-5,7H2,(H,15,16)/t9-,13+/m1/s1. The lowest BCUT2D eigenvalue weighted by Crippen LogP contribution is -2.53. The van der Waals surface area contributed by atoms with Crippen LogP contribution in [0.2, 0.25) is 0 Å². The van der Waals surface area contributed by atoms with E-state index in [1.807, 2.05) is 0 Å². The smallest absolute Gasteiger partial charge is 0.405 e. The molecule has 0 bridgehead atoms. The van der Waals surface area contributed by atoms with Crippen LogP contribution < -0.4 is 5.32 Å². The van der Waals surface area contributed by atoms with Gasteiger partial charge in [0, 0.05) is 4.88 Å². The predicted molar refractivity (Wildman–Crippen MR) is 67.3 cm³/mol. The van der Waals surface area contributed by atoms with Crippen molar-refractivity contribution in [1.29, 1.82) is 0 Å². The van der Waals surface area contributed by atoms with Gasteiger partial charge in [0.2, 0.25) is 0 Å². The fraction of sp³-hybridized carbons (Fsp3) is 0.462. The number of thiophene rings is 1. The van der Waals surface area contributed by atoms with E-state index in [0.717, 1.165) is 25.7 Å². The zero-order valence-electron chi connectivity index (χ0n) is 9.48. The monoisotopic (exact) mass is 249 g/mol. The molecule has 1 heterocycles. The van der Waals surface area contributed by atoms with E-state index in [1.165, 1.54) is 10.4 Å². The molecule has 0 saturated heterocycles. The molecule has 0 fully saturated rings. The molecule has 0 aromatic carbocycles. The van der Waals surface area contributed by atoms with Crippen LogP contribution in [0.5, 0.6) is 0 Å². The number of rotatable bonds is 1. The molecule has 1 aromatic rings. The Morgan fingerprint density at radius 1 is 1.53 bits per heavy atom. The molecule has 0 spiro atoms. The van der Waals surface area contributed by atoms with Gasteiger partial charge in [-0.1, -0.05) is 12.2 Å². The average Bonchev–Trinajstić information content (AvgIpc) is 2.77. The van der Waals surface area contributed by atoms with Crippen molar-refractivity contribution in [2.45, 2.75) is 31.2 Å². The quantitative estimate of drug-likeness (QED) is 0.751. The van der Waals surface area contributed by atoms with Crippen molar-refractivity contribution in [3.8, 4) is 0 Å². The highest BCUT2D eigenvalue weighted by Crippen LogP contribution is 2.47. The first-order valence-corrected chi connectivity index (χ1v) is 6.83. The number of allylic oxidation sites excluding steroid dienone is 1. The van der Waals surface area contributed by atoms with Gasteiger partial charge in [0.15, 0.2) is 0 Å². The fourth-order valence-electron chi connectivity index (χ4n) is 3.24.